The molecule has 2 aromatic carbocycles. The van der Waals surface area contributed by atoms with Crippen LogP contribution >= 0.6 is 22.6 Å². The van der Waals surface area contributed by atoms with Crippen LogP contribution in [0.4, 0.5) is 5.69 Å². The van der Waals surface area contributed by atoms with Gasteiger partial charge in [0.25, 0.3) is 0 Å². The number of Topliss-reactive ketones (excluding diaryl/α,β-unsaturated/α-hetero) is 1. The van der Waals surface area contributed by atoms with Crippen LogP contribution in [-0.2, 0) is 4.79 Å². The minimum Gasteiger partial charge on any atom is -0.351 e. The maximum absolute atomic E-state index is 12.8. The second-order valence-corrected chi connectivity index (χ2v) is 8.08. The molecule has 0 aromatic heterocycles. The largest absolute Gasteiger partial charge is 0.351 e. The van der Waals surface area contributed by atoms with Crippen LogP contribution < -0.4 is 4.90 Å². The molecule has 4 rings (SSSR count). The first-order valence-electron chi connectivity index (χ1n) is 8.68. The normalized spacial score (nSPS) is 24.4. The third-order valence-corrected chi connectivity index (χ3v) is 6.55. The number of fused-ring (bicyclic) bond motifs is 3. The predicted octanol–water partition coefficient (Wildman–Crippen LogP) is 4.28. The lowest BCUT2D eigenvalue weighted by atomic mass is 9.69. The van der Waals surface area contributed by atoms with Gasteiger partial charge >= 0.3 is 0 Å². The highest BCUT2D eigenvalue weighted by atomic mass is 127. The van der Waals surface area contributed by atoms with E-state index in [-0.39, 0.29) is 5.78 Å². The van der Waals surface area contributed by atoms with Gasteiger partial charge in [-0.1, -0.05) is 48.6 Å². The summed E-state index contributed by atoms with van der Waals surface area (Å²) < 4.78 is 0.957. The van der Waals surface area contributed by atoms with E-state index in [4.69, 9.17) is 0 Å². The zero-order chi connectivity index (χ0) is 19.2. The number of hydrogen-bond donors (Lipinski definition) is 0. The molecule has 0 spiro atoms. The van der Waals surface area contributed by atoms with Crippen LogP contribution in [0.25, 0.3) is 6.08 Å². The lowest BCUT2D eigenvalue weighted by Gasteiger charge is -2.35. The molecule has 0 N–H and O–H groups in total. The summed E-state index contributed by atoms with van der Waals surface area (Å²) in [6, 6.07) is 19.1. The van der Waals surface area contributed by atoms with E-state index < -0.39 is 23.4 Å². The Morgan fingerprint density at radius 2 is 1.78 bits per heavy atom. The number of hydrogen-bond acceptors (Lipinski definition) is 4. The lowest BCUT2D eigenvalue weighted by Crippen LogP contribution is -2.43. The Hall–Kier alpha value is -2.64. The van der Waals surface area contributed by atoms with Crippen molar-refractivity contribution in [2.75, 3.05) is 4.90 Å². The molecule has 0 amide bonds. The molecule has 27 heavy (non-hydrogen) atoms. The van der Waals surface area contributed by atoms with Crippen molar-refractivity contribution in [3.63, 3.8) is 0 Å². The first-order chi connectivity index (χ1) is 13.0. The summed E-state index contributed by atoms with van der Waals surface area (Å²) in [7, 11) is 0. The average Bonchev–Trinajstić information content (AvgIpc) is 2.99. The molecule has 3 atom stereocenters. The molecule has 2 heterocycles. The highest BCUT2D eigenvalue weighted by Crippen LogP contribution is 2.55. The second-order valence-electron chi connectivity index (χ2n) is 6.92. The summed E-state index contributed by atoms with van der Waals surface area (Å²) >= 11 is 2.22. The third-order valence-electron chi connectivity index (χ3n) is 5.57. The molecule has 2 aliphatic heterocycles. The van der Waals surface area contributed by atoms with E-state index in [2.05, 4.69) is 34.7 Å². The van der Waals surface area contributed by atoms with Crippen LogP contribution in [0.15, 0.2) is 54.6 Å². The van der Waals surface area contributed by atoms with E-state index in [0.29, 0.717) is 0 Å². The quantitative estimate of drug-likeness (QED) is 0.621. The summed E-state index contributed by atoms with van der Waals surface area (Å²) in [5.74, 6) is -0.568. The van der Waals surface area contributed by atoms with Crippen molar-refractivity contribution in [2.45, 2.75) is 24.9 Å². The van der Waals surface area contributed by atoms with Gasteiger partial charge in [0.1, 0.15) is 0 Å². The van der Waals surface area contributed by atoms with Gasteiger partial charge in [0.2, 0.25) is 0 Å². The predicted molar refractivity (Wildman–Crippen MR) is 112 cm³/mol. The van der Waals surface area contributed by atoms with Crippen LogP contribution in [0.3, 0.4) is 0 Å². The smallest absolute Gasteiger partial charge is 0.176 e. The Morgan fingerprint density at radius 3 is 2.44 bits per heavy atom. The molecular weight excluding hydrogens is 449 g/mol. The molecule has 132 valence electrons. The fraction of sp³-hybridized carbons (Fsp3) is 0.227. The standard InChI is InChI=1S/C22H16IN3O/c1-14(27)21-20(16-7-3-4-8-17(16)23)22(12-24,13-25)19-11-10-15-6-2-5-9-18(15)26(19)21/h2-11,19-21H,1H3. The van der Waals surface area contributed by atoms with Crippen LogP contribution in [0.1, 0.15) is 24.0 Å². The maximum atomic E-state index is 12.8. The Bertz CT molecular complexity index is 1030. The van der Waals surface area contributed by atoms with E-state index in [1.807, 2.05) is 65.6 Å². The van der Waals surface area contributed by atoms with Crippen LogP contribution in [0.2, 0.25) is 0 Å². The summed E-state index contributed by atoms with van der Waals surface area (Å²) in [6.45, 7) is 1.55. The van der Waals surface area contributed by atoms with E-state index in [0.717, 1.165) is 20.4 Å². The Labute approximate surface area is 171 Å². The minimum absolute atomic E-state index is 0.0397. The van der Waals surface area contributed by atoms with Crippen molar-refractivity contribution in [1.29, 1.82) is 10.5 Å². The molecule has 0 bridgehead atoms. The van der Waals surface area contributed by atoms with Crippen molar-refractivity contribution >= 4 is 40.1 Å². The first kappa shape index (κ1) is 17.8. The van der Waals surface area contributed by atoms with Crippen molar-refractivity contribution in [3.8, 4) is 12.1 Å². The third kappa shape index (κ3) is 2.42. The zero-order valence-electron chi connectivity index (χ0n) is 14.6. The number of carbonyl (C=O) groups is 1. The molecule has 2 aromatic rings. The van der Waals surface area contributed by atoms with E-state index in [9.17, 15) is 15.3 Å². The van der Waals surface area contributed by atoms with Gasteiger partial charge in [-0.15, -0.1) is 0 Å². The minimum atomic E-state index is -1.35. The molecular formula is C22H16IN3O. The molecule has 0 radical (unpaired) electrons. The fourth-order valence-corrected chi connectivity index (χ4v) is 5.18. The summed E-state index contributed by atoms with van der Waals surface area (Å²) in [6.07, 6.45) is 3.86. The van der Waals surface area contributed by atoms with Gasteiger partial charge in [0.05, 0.1) is 24.2 Å². The molecule has 1 saturated heterocycles. The Balaban J connectivity index is 2.03. The van der Waals surface area contributed by atoms with E-state index >= 15 is 0 Å². The van der Waals surface area contributed by atoms with Crippen molar-refractivity contribution < 1.29 is 4.79 Å². The monoisotopic (exact) mass is 465 g/mol. The molecule has 1 fully saturated rings. The van der Waals surface area contributed by atoms with Gasteiger partial charge in [0, 0.05) is 15.2 Å². The SMILES string of the molecule is CC(=O)C1C(c2ccccc2I)C(C#N)(C#N)C2C=Cc3ccccc3N12. The Kier molecular flexibility index (Phi) is 4.28. The van der Waals surface area contributed by atoms with Gasteiger partial charge in [0.15, 0.2) is 11.2 Å². The number of halogens is 1. The Morgan fingerprint density at radius 1 is 1.11 bits per heavy atom. The van der Waals surface area contributed by atoms with Gasteiger partial charge in [-0.2, -0.15) is 10.5 Å². The summed E-state index contributed by atoms with van der Waals surface area (Å²) in [5.41, 5.74) is 1.42. The van der Waals surface area contributed by atoms with Crippen LogP contribution in [-0.4, -0.2) is 17.9 Å². The number of anilines is 1. The number of carbonyl (C=O) groups excluding carboxylic acids is 1. The van der Waals surface area contributed by atoms with Gasteiger partial charge in [-0.05, 0) is 52.8 Å². The number of benzene rings is 2. The summed E-state index contributed by atoms with van der Waals surface area (Å²) in [5, 5.41) is 20.4. The highest BCUT2D eigenvalue weighted by Gasteiger charge is 2.62. The first-order valence-corrected chi connectivity index (χ1v) is 9.76. The molecule has 5 heteroatoms. The maximum Gasteiger partial charge on any atom is 0.176 e. The highest BCUT2D eigenvalue weighted by molar-refractivity contribution is 14.1. The molecule has 0 aliphatic carbocycles. The average molecular weight is 465 g/mol. The fourth-order valence-electron chi connectivity index (χ4n) is 4.46. The van der Waals surface area contributed by atoms with Gasteiger partial charge in [-0.3, -0.25) is 4.79 Å². The molecule has 4 nitrogen and oxygen atoms in total. The lowest BCUT2D eigenvalue weighted by molar-refractivity contribution is -0.118. The zero-order valence-corrected chi connectivity index (χ0v) is 16.8. The number of ketones is 1. The van der Waals surface area contributed by atoms with Crippen molar-refractivity contribution in [2.24, 2.45) is 5.41 Å². The molecule has 0 saturated carbocycles. The molecule has 2 aliphatic rings. The number of rotatable bonds is 2. The number of nitriles is 2. The topological polar surface area (TPSA) is 67.9 Å². The number of para-hydroxylation sites is 1. The van der Waals surface area contributed by atoms with Gasteiger partial charge < -0.3 is 4.90 Å². The van der Waals surface area contributed by atoms with E-state index in [1.165, 1.54) is 0 Å². The van der Waals surface area contributed by atoms with Crippen LogP contribution in [0.5, 0.6) is 0 Å². The van der Waals surface area contributed by atoms with Crippen molar-refractivity contribution in [3.05, 3.63) is 69.3 Å². The second kappa shape index (κ2) is 6.51. The van der Waals surface area contributed by atoms with E-state index in [1.54, 1.807) is 6.92 Å². The van der Waals surface area contributed by atoms with Gasteiger partial charge in [-0.25, -0.2) is 0 Å². The summed E-state index contributed by atoms with van der Waals surface area (Å²) in [4.78, 5) is 14.8. The van der Waals surface area contributed by atoms with Crippen molar-refractivity contribution in [1.82, 2.24) is 0 Å². The van der Waals surface area contributed by atoms with Crippen LogP contribution in [0, 0.1) is 31.6 Å². The molecule has 3 unspecified atom stereocenters. The number of nitrogens with zero attached hydrogens (tertiary/aromatic N) is 3.